The number of thioether (sulfide) groups is 1. The quantitative estimate of drug-likeness (QED) is 0.759. The van der Waals surface area contributed by atoms with Crippen molar-refractivity contribution in [3.05, 3.63) is 5.89 Å². The van der Waals surface area contributed by atoms with E-state index in [0.717, 1.165) is 0 Å². The molecule has 1 unspecified atom stereocenters. The first-order chi connectivity index (χ1) is 9.66. The van der Waals surface area contributed by atoms with Crippen molar-refractivity contribution in [2.75, 3.05) is 17.3 Å². The smallest absolute Gasteiger partial charge is 0.277 e. The maximum absolute atomic E-state index is 11.8. The van der Waals surface area contributed by atoms with E-state index in [4.69, 9.17) is 4.42 Å². The minimum Gasteiger partial charge on any atom is -0.416 e. The second kappa shape index (κ2) is 6.08. The highest BCUT2D eigenvalue weighted by Crippen LogP contribution is 2.25. The summed E-state index contributed by atoms with van der Waals surface area (Å²) >= 11 is 1.23. The van der Waals surface area contributed by atoms with Crippen molar-refractivity contribution in [2.24, 2.45) is 11.3 Å². The number of hydrogen-bond donors (Lipinski definition) is 0. The van der Waals surface area contributed by atoms with Gasteiger partial charge in [0.1, 0.15) is 5.78 Å². The van der Waals surface area contributed by atoms with Gasteiger partial charge in [-0.3, -0.25) is 4.79 Å². The summed E-state index contributed by atoms with van der Waals surface area (Å²) in [6, 6.07) is 0. The molecule has 1 atom stereocenters. The topological polar surface area (TPSA) is 90.1 Å². The third-order valence-corrected chi connectivity index (χ3v) is 6.06. The number of rotatable bonds is 5. The lowest BCUT2D eigenvalue weighted by molar-refractivity contribution is -0.123. The molecule has 2 rings (SSSR count). The zero-order valence-corrected chi connectivity index (χ0v) is 14.1. The maximum Gasteiger partial charge on any atom is 0.277 e. The van der Waals surface area contributed by atoms with E-state index in [9.17, 15) is 13.2 Å². The molecule has 0 bridgehead atoms. The standard InChI is InChI=1S/C13H20N2O4S2/c1-13(2,3)10(16)7-20-12-15-14-11(19-12)6-9-4-5-21(17,18)8-9/h9H,4-8H2,1-3H3. The molecule has 0 saturated carbocycles. The van der Waals surface area contributed by atoms with Crippen molar-refractivity contribution in [1.29, 1.82) is 0 Å². The Hall–Kier alpha value is -0.890. The molecule has 6 nitrogen and oxygen atoms in total. The first-order valence-corrected chi connectivity index (χ1v) is 9.65. The minimum absolute atomic E-state index is 0.0597. The van der Waals surface area contributed by atoms with Crippen molar-refractivity contribution >= 4 is 27.4 Å². The van der Waals surface area contributed by atoms with Crippen LogP contribution in [0.1, 0.15) is 33.1 Å². The van der Waals surface area contributed by atoms with Gasteiger partial charge in [0.05, 0.1) is 17.3 Å². The maximum atomic E-state index is 11.8. The number of carbonyl (C=O) groups is 1. The summed E-state index contributed by atoms with van der Waals surface area (Å²) in [5, 5.41) is 8.18. The Morgan fingerprint density at radius 2 is 2.10 bits per heavy atom. The molecule has 8 heteroatoms. The van der Waals surface area contributed by atoms with Crippen molar-refractivity contribution in [2.45, 2.75) is 38.8 Å². The fourth-order valence-electron chi connectivity index (χ4n) is 2.00. The van der Waals surface area contributed by atoms with Crippen molar-refractivity contribution < 1.29 is 17.6 Å². The lowest BCUT2D eigenvalue weighted by Gasteiger charge is -2.14. The largest absolute Gasteiger partial charge is 0.416 e. The second-order valence-corrected chi connectivity index (χ2v) is 9.55. The molecule has 0 aromatic carbocycles. The van der Waals surface area contributed by atoms with Crippen LogP contribution in [0.5, 0.6) is 0 Å². The van der Waals surface area contributed by atoms with Crippen LogP contribution in [-0.2, 0) is 21.1 Å². The Kier molecular flexibility index (Phi) is 4.77. The zero-order chi connectivity index (χ0) is 15.7. The van der Waals surface area contributed by atoms with E-state index >= 15 is 0 Å². The van der Waals surface area contributed by atoms with Gasteiger partial charge >= 0.3 is 0 Å². The minimum atomic E-state index is -2.89. The number of carbonyl (C=O) groups excluding carboxylic acids is 1. The normalized spacial score (nSPS) is 21.6. The molecule has 2 heterocycles. The average molecular weight is 332 g/mol. The van der Waals surface area contributed by atoms with Crippen molar-refractivity contribution in [1.82, 2.24) is 10.2 Å². The van der Waals surface area contributed by atoms with Gasteiger partial charge in [-0.2, -0.15) is 0 Å². The zero-order valence-electron chi connectivity index (χ0n) is 12.5. The molecule has 0 N–H and O–H groups in total. The van der Waals surface area contributed by atoms with Gasteiger partial charge in [0, 0.05) is 11.8 Å². The molecule has 0 amide bonds. The molecule has 0 radical (unpaired) electrons. The van der Waals surface area contributed by atoms with E-state index in [1.54, 1.807) is 0 Å². The summed E-state index contributed by atoms with van der Waals surface area (Å²) in [7, 11) is -2.89. The van der Waals surface area contributed by atoms with E-state index in [-0.39, 0.29) is 28.6 Å². The van der Waals surface area contributed by atoms with Gasteiger partial charge in [0.2, 0.25) is 5.89 Å². The van der Waals surface area contributed by atoms with Crippen LogP contribution in [0.25, 0.3) is 0 Å². The predicted molar refractivity (Wildman–Crippen MR) is 79.9 cm³/mol. The molecule has 118 valence electrons. The number of Topliss-reactive ketones (excluding diaryl/α,β-unsaturated/α-hetero) is 1. The van der Waals surface area contributed by atoms with E-state index in [0.29, 0.717) is 29.7 Å². The van der Waals surface area contributed by atoms with Crippen LogP contribution < -0.4 is 0 Å². The van der Waals surface area contributed by atoms with Gasteiger partial charge in [-0.15, -0.1) is 10.2 Å². The number of sulfone groups is 1. The van der Waals surface area contributed by atoms with Gasteiger partial charge in [0.25, 0.3) is 5.22 Å². The first-order valence-electron chi connectivity index (χ1n) is 6.84. The molecular weight excluding hydrogens is 312 g/mol. The monoisotopic (exact) mass is 332 g/mol. The fourth-order valence-corrected chi connectivity index (χ4v) is 4.81. The highest BCUT2D eigenvalue weighted by molar-refractivity contribution is 7.99. The van der Waals surface area contributed by atoms with Crippen LogP contribution in [0.2, 0.25) is 0 Å². The molecule has 0 spiro atoms. The van der Waals surface area contributed by atoms with Gasteiger partial charge in [-0.1, -0.05) is 32.5 Å². The van der Waals surface area contributed by atoms with Gasteiger partial charge < -0.3 is 4.42 Å². The summed E-state index contributed by atoms with van der Waals surface area (Å²) in [6.45, 7) is 5.61. The fraction of sp³-hybridized carbons (Fsp3) is 0.769. The summed E-state index contributed by atoms with van der Waals surface area (Å²) < 4.78 is 28.3. The third-order valence-electron chi connectivity index (χ3n) is 3.40. The number of ketones is 1. The Morgan fingerprint density at radius 1 is 1.38 bits per heavy atom. The number of nitrogens with zero attached hydrogens (tertiary/aromatic N) is 2. The Bertz CT molecular complexity index is 616. The second-order valence-electron chi connectivity index (χ2n) is 6.40. The molecule has 1 fully saturated rings. The van der Waals surface area contributed by atoms with E-state index in [2.05, 4.69) is 10.2 Å². The lowest BCUT2D eigenvalue weighted by Crippen LogP contribution is -2.21. The molecule has 1 aromatic rings. The Balaban J connectivity index is 1.86. The van der Waals surface area contributed by atoms with Gasteiger partial charge in [-0.05, 0) is 12.3 Å². The molecule has 1 aliphatic rings. The molecule has 0 aliphatic carbocycles. The van der Waals surface area contributed by atoms with Gasteiger partial charge in [0.15, 0.2) is 9.84 Å². The average Bonchev–Trinajstić information content (AvgIpc) is 2.92. The van der Waals surface area contributed by atoms with Crippen molar-refractivity contribution in [3.63, 3.8) is 0 Å². The lowest BCUT2D eigenvalue weighted by atomic mass is 9.92. The van der Waals surface area contributed by atoms with Crippen LogP contribution in [0, 0.1) is 11.3 Å². The summed E-state index contributed by atoms with van der Waals surface area (Å²) in [5.74, 6) is 1.36. The molecule has 1 aliphatic heterocycles. The van der Waals surface area contributed by atoms with Crippen molar-refractivity contribution in [3.8, 4) is 0 Å². The highest BCUT2D eigenvalue weighted by Gasteiger charge is 2.29. The molecule has 1 saturated heterocycles. The van der Waals surface area contributed by atoms with E-state index in [1.165, 1.54) is 11.8 Å². The number of aromatic nitrogens is 2. The number of hydrogen-bond acceptors (Lipinski definition) is 7. The SMILES string of the molecule is CC(C)(C)C(=O)CSc1nnc(CC2CCS(=O)(=O)C2)o1. The van der Waals surface area contributed by atoms with Crippen LogP contribution in [0.15, 0.2) is 9.64 Å². The Labute approximate surface area is 129 Å². The highest BCUT2D eigenvalue weighted by atomic mass is 32.2. The van der Waals surface area contributed by atoms with Crippen LogP contribution in [-0.4, -0.2) is 41.7 Å². The van der Waals surface area contributed by atoms with E-state index in [1.807, 2.05) is 20.8 Å². The molecule has 1 aromatic heterocycles. The Morgan fingerprint density at radius 3 is 2.67 bits per heavy atom. The summed E-state index contributed by atoms with van der Waals surface area (Å²) in [4.78, 5) is 11.8. The van der Waals surface area contributed by atoms with Crippen LogP contribution in [0.4, 0.5) is 0 Å². The predicted octanol–water partition coefficient (Wildman–Crippen LogP) is 1.75. The summed E-state index contributed by atoms with van der Waals surface area (Å²) in [5.41, 5.74) is -0.381. The first kappa shape index (κ1) is 16.5. The third kappa shape index (κ3) is 4.81. The van der Waals surface area contributed by atoms with Crippen LogP contribution in [0.3, 0.4) is 0 Å². The molecular formula is C13H20N2O4S2. The van der Waals surface area contributed by atoms with Crippen LogP contribution >= 0.6 is 11.8 Å². The van der Waals surface area contributed by atoms with Gasteiger partial charge in [-0.25, -0.2) is 8.42 Å². The summed E-state index contributed by atoms with van der Waals surface area (Å²) in [6.07, 6.45) is 1.13. The molecule has 21 heavy (non-hydrogen) atoms. The van der Waals surface area contributed by atoms with E-state index < -0.39 is 9.84 Å².